The minimum Gasteiger partial charge on any atom is -0.490 e. The molecule has 0 fully saturated rings. The van der Waals surface area contributed by atoms with Crippen LogP contribution in [0.2, 0.25) is 0 Å². The summed E-state index contributed by atoms with van der Waals surface area (Å²) in [4.78, 5) is 11.7. The van der Waals surface area contributed by atoms with Gasteiger partial charge in [-0.25, -0.2) is 22.3 Å². The lowest BCUT2D eigenvalue weighted by molar-refractivity contribution is 0.0445. The monoisotopic (exact) mass is 353 g/mol. The average molecular weight is 353 g/mol. The molecule has 2 rings (SSSR count). The lowest BCUT2D eigenvalue weighted by Crippen LogP contribution is -2.20. The van der Waals surface area contributed by atoms with E-state index in [0.717, 1.165) is 18.2 Å². The average Bonchev–Trinajstić information content (AvgIpc) is 2.59. The first-order valence-corrected chi connectivity index (χ1v) is 8.50. The molecule has 2 aromatic rings. The van der Waals surface area contributed by atoms with Gasteiger partial charge in [-0.1, -0.05) is 18.2 Å². The first-order valence-electron chi connectivity index (χ1n) is 7.02. The highest BCUT2D eigenvalue weighted by atomic mass is 32.2. The Morgan fingerprint density at radius 2 is 1.83 bits per heavy atom. The lowest BCUT2D eigenvalue weighted by Gasteiger charge is -2.09. The van der Waals surface area contributed by atoms with E-state index in [1.54, 1.807) is 24.3 Å². The van der Waals surface area contributed by atoms with Crippen LogP contribution >= 0.6 is 0 Å². The molecule has 0 atom stereocenters. The van der Waals surface area contributed by atoms with Gasteiger partial charge in [0.1, 0.15) is 24.8 Å². The zero-order chi connectivity index (χ0) is 17.6. The van der Waals surface area contributed by atoms with E-state index in [1.807, 2.05) is 6.07 Å². The quantitative estimate of drug-likeness (QED) is 0.608. The van der Waals surface area contributed by atoms with Crippen LogP contribution in [0.15, 0.2) is 53.4 Å². The number of halogens is 1. The highest BCUT2D eigenvalue weighted by Crippen LogP contribution is 2.16. The molecular weight excluding hydrogens is 337 g/mol. The zero-order valence-electron chi connectivity index (χ0n) is 12.9. The molecule has 0 saturated heterocycles. The van der Waals surface area contributed by atoms with E-state index < -0.39 is 27.4 Å². The summed E-state index contributed by atoms with van der Waals surface area (Å²) in [5, 5.41) is 0. The van der Waals surface area contributed by atoms with Crippen molar-refractivity contribution in [3.05, 3.63) is 59.9 Å². The summed E-state index contributed by atoms with van der Waals surface area (Å²) in [5.41, 5.74) is -0.453. The van der Waals surface area contributed by atoms with Gasteiger partial charge in [-0.15, -0.1) is 0 Å². The van der Waals surface area contributed by atoms with E-state index in [0.29, 0.717) is 5.75 Å². The Labute approximate surface area is 139 Å². The summed E-state index contributed by atoms with van der Waals surface area (Å²) in [7, 11) is -2.56. The van der Waals surface area contributed by atoms with Gasteiger partial charge in [-0.2, -0.15) is 0 Å². The third-order valence-corrected chi connectivity index (χ3v) is 4.48. The van der Waals surface area contributed by atoms with Crippen molar-refractivity contribution < 1.29 is 27.1 Å². The Bertz CT molecular complexity index is 808. The topological polar surface area (TPSA) is 81.7 Å². The largest absolute Gasteiger partial charge is 0.490 e. The SMILES string of the molecule is CNS(=O)(=O)c1ccc(F)c(C(=O)OCCOc2ccccc2)c1. The molecule has 0 spiro atoms. The first-order chi connectivity index (χ1) is 11.4. The van der Waals surface area contributed by atoms with Crippen LogP contribution in [0.5, 0.6) is 5.75 Å². The van der Waals surface area contributed by atoms with Crippen LogP contribution in [0.1, 0.15) is 10.4 Å². The van der Waals surface area contributed by atoms with Gasteiger partial charge in [0.2, 0.25) is 10.0 Å². The molecule has 0 aliphatic carbocycles. The van der Waals surface area contributed by atoms with E-state index >= 15 is 0 Å². The highest BCUT2D eigenvalue weighted by Gasteiger charge is 2.19. The fraction of sp³-hybridized carbons (Fsp3) is 0.188. The molecule has 0 saturated carbocycles. The number of ether oxygens (including phenoxy) is 2. The van der Waals surface area contributed by atoms with E-state index in [2.05, 4.69) is 4.72 Å². The lowest BCUT2D eigenvalue weighted by atomic mass is 10.2. The smallest absolute Gasteiger partial charge is 0.341 e. The van der Waals surface area contributed by atoms with Gasteiger partial charge in [0, 0.05) is 0 Å². The molecule has 128 valence electrons. The number of rotatable bonds is 7. The molecule has 2 aromatic carbocycles. The van der Waals surface area contributed by atoms with Gasteiger partial charge in [0.15, 0.2) is 0 Å². The van der Waals surface area contributed by atoms with Crippen molar-refractivity contribution in [3.8, 4) is 5.75 Å². The van der Waals surface area contributed by atoms with Crippen molar-refractivity contribution >= 4 is 16.0 Å². The number of nitrogens with one attached hydrogen (secondary N) is 1. The normalized spacial score (nSPS) is 11.1. The Kier molecular flexibility index (Phi) is 5.88. The van der Waals surface area contributed by atoms with Crippen molar-refractivity contribution in [2.45, 2.75) is 4.90 Å². The van der Waals surface area contributed by atoms with E-state index in [9.17, 15) is 17.6 Å². The standard InChI is InChI=1S/C16H16FNO5S/c1-18-24(20,21)13-7-8-15(17)14(11-13)16(19)23-10-9-22-12-5-3-2-4-6-12/h2-8,11,18H,9-10H2,1H3. The van der Waals surface area contributed by atoms with Crippen molar-refractivity contribution in [2.75, 3.05) is 20.3 Å². The van der Waals surface area contributed by atoms with Crippen LogP contribution in [-0.4, -0.2) is 34.6 Å². The van der Waals surface area contributed by atoms with Crippen LogP contribution in [0.3, 0.4) is 0 Å². The predicted octanol–water partition coefficient (Wildman–Crippen LogP) is 1.97. The third-order valence-electron chi connectivity index (χ3n) is 3.07. The minimum atomic E-state index is -3.78. The van der Waals surface area contributed by atoms with E-state index in [4.69, 9.17) is 9.47 Å². The molecule has 0 bridgehead atoms. The number of hydrogen-bond acceptors (Lipinski definition) is 5. The zero-order valence-corrected chi connectivity index (χ0v) is 13.7. The maximum absolute atomic E-state index is 13.7. The van der Waals surface area contributed by atoms with Gasteiger partial charge >= 0.3 is 5.97 Å². The van der Waals surface area contributed by atoms with Crippen LogP contribution < -0.4 is 9.46 Å². The maximum Gasteiger partial charge on any atom is 0.341 e. The van der Waals surface area contributed by atoms with E-state index in [1.165, 1.54) is 7.05 Å². The second-order valence-electron chi connectivity index (χ2n) is 4.65. The second kappa shape index (κ2) is 7.89. The number of sulfonamides is 1. The Balaban J connectivity index is 1.98. The van der Waals surface area contributed by atoms with Crippen molar-refractivity contribution in [1.82, 2.24) is 4.72 Å². The van der Waals surface area contributed by atoms with E-state index in [-0.39, 0.29) is 18.1 Å². The number of benzene rings is 2. The molecule has 24 heavy (non-hydrogen) atoms. The molecule has 0 aliphatic rings. The minimum absolute atomic E-state index is 0.0892. The van der Waals surface area contributed by atoms with Gasteiger partial charge in [0.25, 0.3) is 0 Å². The van der Waals surface area contributed by atoms with Crippen molar-refractivity contribution in [3.63, 3.8) is 0 Å². The highest BCUT2D eigenvalue weighted by molar-refractivity contribution is 7.89. The maximum atomic E-state index is 13.7. The molecule has 0 radical (unpaired) electrons. The summed E-state index contributed by atoms with van der Waals surface area (Å²) < 4.78 is 49.5. The number of para-hydroxylation sites is 1. The second-order valence-corrected chi connectivity index (χ2v) is 6.53. The molecule has 0 heterocycles. The van der Waals surface area contributed by atoms with Crippen LogP contribution in [0, 0.1) is 5.82 Å². The summed E-state index contributed by atoms with van der Waals surface area (Å²) >= 11 is 0. The summed E-state index contributed by atoms with van der Waals surface area (Å²) in [6.07, 6.45) is 0. The van der Waals surface area contributed by atoms with Crippen molar-refractivity contribution in [2.24, 2.45) is 0 Å². The molecule has 0 aromatic heterocycles. The Morgan fingerprint density at radius 1 is 1.12 bits per heavy atom. The molecule has 0 unspecified atom stereocenters. The molecule has 0 aliphatic heterocycles. The molecule has 1 N–H and O–H groups in total. The van der Waals surface area contributed by atoms with Gasteiger partial charge in [0.05, 0.1) is 10.5 Å². The molecule has 8 heteroatoms. The van der Waals surface area contributed by atoms with Crippen LogP contribution in [0.4, 0.5) is 4.39 Å². The molecular formula is C16H16FNO5S. The van der Waals surface area contributed by atoms with Gasteiger partial charge in [-0.3, -0.25) is 0 Å². The van der Waals surface area contributed by atoms with Gasteiger partial charge < -0.3 is 9.47 Å². The number of esters is 1. The third kappa shape index (κ3) is 4.53. The summed E-state index contributed by atoms with van der Waals surface area (Å²) in [5.74, 6) is -1.21. The fourth-order valence-electron chi connectivity index (χ4n) is 1.83. The number of carbonyl (C=O) groups is 1. The number of carbonyl (C=O) groups excluding carboxylic acids is 1. The fourth-order valence-corrected chi connectivity index (χ4v) is 2.59. The van der Waals surface area contributed by atoms with Crippen molar-refractivity contribution in [1.29, 1.82) is 0 Å². The number of hydrogen-bond donors (Lipinski definition) is 1. The Hall–Kier alpha value is -2.45. The Morgan fingerprint density at radius 3 is 2.50 bits per heavy atom. The summed E-state index contributed by atoms with van der Waals surface area (Å²) in [6, 6.07) is 11.8. The first kappa shape index (κ1) is 17.9. The summed E-state index contributed by atoms with van der Waals surface area (Å²) in [6.45, 7) is -0.0119. The molecule has 6 nitrogen and oxygen atoms in total. The molecule has 0 amide bonds. The predicted molar refractivity (Wildman–Crippen MR) is 84.9 cm³/mol. The van der Waals surface area contributed by atoms with Gasteiger partial charge in [-0.05, 0) is 37.4 Å². The van der Waals surface area contributed by atoms with Crippen LogP contribution in [-0.2, 0) is 14.8 Å². The van der Waals surface area contributed by atoms with Crippen LogP contribution in [0.25, 0.3) is 0 Å².